The van der Waals surface area contributed by atoms with Crippen molar-refractivity contribution >= 4 is 23.5 Å². The SMILES string of the molecule is O=C(NC(C(=O)O)c1ccc(Cl)c(F)c1)C1CCOC1. The number of ether oxygens (including phenoxy) is 1. The Hall–Kier alpha value is -1.66. The van der Waals surface area contributed by atoms with Gasteiger partial charge in [-0.3, -0.25) is 4.79 Å². The molecule has 20 heavy (non-hydrogen) atoms. The van der Waals surface area contributed by atoms with Crippen LogP contribution < -0.4 is 5.32 Å². The molecule has 1 aliphatic heterocycles. The molecule has 7 heteroatoms. The van der Waals surface area contributed by atoms with Crippen LogP contribution in [0.3, 0.4) is 0 Å². The molecule has 1 aliphatic rings. The number of halogens is 2. The average molecular weight is 302 g/mol. The summed E-state index contributed by atoms with van der Waals surface area (Å²) in [7, 11) is 0. The fraction of sp³-hybridized carbons (Fsp3) is 0.385. The lowest BCUT2D eigenvalue weighted by Gasteiger charge is -2.17. The number of rotatable bonds is 4. The van der Waals surface area contributed by atoms with Gasteiger partial charge in [-0.05, 0) is 24.1 Å². The summed E-state index contributed by atoms with van der Waals surface area (Å²) in [6.07, 6.45) is 0.549. The van der Waals surface area contributed by atoms with Gasteiger partial charge >= 0.3 is 5.97 Å². The van der Waals surface area contributed by atoms with E-state index in [1.54, 1.807) is 0 Å². The third-order valence-electron chi connectivity index (χ3n) is 3.11. The summed E-state index contributed by atoms with van der Waals surface area (Å²) in [5, 5.41) is 11.5. The molecule has 0 aromatic heterocycles. The van der Waals surface area contributed by atoms with Gasteiger partial charge in [-0.25, -0.2) is 9.18 Å². The molecule has 1 amide bonds. The van der Waals surface area contributed by atoms with Gasteiger partial charge in [0.05, 0.1) is 17.5 Å². The van der Waals surface area contributed by atoms with E-state index in [2.05, 4.69) is 5.32 Å². The molecular formula is C13H13ClFNO4. The van der Waals surface area contributed by atoms with Crippen LogP contribution in [0.1, 0.15) is 18.0 Å². The lowest BCUT2D eigenvalue weighted by Crippen LogP contribution is -2.38. The topological polar surface area (TPSA) is 75.6 Å². The Morgan fingerprint density at radius 3 is 2.80 bits per heavy atom. The molecule has 0 spiro atoms. The van der Waals surface area contributed by atoms with Gasteiger partial charge in [0.1, 0.15) is 5.82 Å². The third-order valence-corrected chi connectivity index (χ3v) is 3.42. The van der Waals surface area contributed by atoms with Gasteiger partial charge in [-0.2, -0.15) is 0 Å². The van der Waals surface area contributed by atoms with Crippen molar-refractivity contribution in [2.24, 2.45) is 5.92 Å². The molecular weight excluding hydrogens is 289 g/mol. The lowest BCUT2D eigenvalue weighted by atomic mass is 10.0. The number of aliphatic carboxylic acids is 1. The molecule has 1 aromatic rings. The summed E-state index contributed by atoms with van der Waals surface area (Å²) in [6, 6.07) is 2.32. The zero-order valence-electron chi connectivity index (χ0n) is 10.4. The van der Waals surface area contributed by atoms with Crippen LogP contribution >= 0.6 is 11.6 Å². The zero-order valence-corrected chi connectivity index (χ0v) is 11.2. The Balaban J connectivity index is 2.16. The molecule has 108 valence electrons. The lowest BCUT2D eigenvalue weighted by molar-refractivity contribution is -0.142. The highest BCUT2D eigenvalue weighted by atomic mass is 35.5. The van der Waals surface area contributed by atoms with Crippen molar-refractivity contribution in [2.45, 2.75) is 12.5 Å². The number of hydrogen-bond donors (Lipinski definition) is 2. The molecule has 1 fully saturated rings. The molecule has 2 N–H and O–H groups in total. The van der Waals surface area contributed by atoms with Crippen LogP contribution in [0.4, 0.5) is 4.39 Å². The van der Waals surface area contributed by atoms with Gasteiger partial charge in [0.15, 0.2) is 6.04 Å². The van der Waals surface area contributed by atoms with Crippen LogP contribution in [0.5, 0.6) is 0 Å². The summed E-state index contributed by atoms with van der Waals surface area (Å²) in [4.78, 5) is 23.2. The first kappa shape index (κ1) is 14.7. The van der Waals surface area contributed by atoms with E-state index in [1.807, 2.05) is 0 Å². The van der Waals surface area contributed by atoms with E-state index in [9.17, 15) is 19.1 Å². The number of carbonyl (C=O) groups excluding carboxylic acids is 1. The van der Waals surface area contributed by atoms with Gasteiger partial charge in [0.25, 0.3) is 0 Å². The molecule has 2 rings (SSSR count). The number of amides is 1. The summed E-state index contributed by atoms with van der Waals surface area (Å²) < 4.78 is 18.5. The minimum atomic E-state index is -1.31. The van der Waals surface area contributed by atoms with Crippen molar-refractivity contribution in [1.29, 1.82) is 0 Å². The average Bonchev–Trinajstić information content (AvgIpc) is 2.93. The molecule has 2 unspecified atom stereocenters. The quantitative estimate of drug-likeness (QED) is 0.888. The Morgan fingerprint density at radius 1 is 1.50 bits per heavy atom. The first-order valence-corrected chi connectivity index (χ1v) is 6.42. The van der Waals surface area contributed by atoms with E-state index in [1.165, 1.54) is 12.1 Å². The Kier molecular flexibility index (Phi) is 4.57. The smallest absolute Gasteiger partial charge is 0.330 e. The van der Waals surface area contributed by atoms with E-state index in [0.29, 0.717) is 13.0 Å². The maximum atomic E-state index is 13.4. The second-order valence-corrected chi connectivity index (χ2v) is 4.92. The largest absolute Gasteiger partial charge is 0.479 e. The van der Waals surface area contributed by atoms with E-state index in [0.717, 1.165) is 6.07 Å². The molecule has 1 heterocycles. The summed E-state index contributed by atoms with van der Waals surface area (Å²) in [5.41, 5.74) is 0.131. The highest BCUT2D eigenvalue weighted by Gasteiger charge is 2.29. The second kappa shape index (κ2) is 6.19. The van der Waals surface area contributed by atoms with Gasteiger partial charge in [-0.15, -0.1) is 0 Å². The van der Waals surface area contributed by atoms with Crippen LogP contribution in [-0.2, 0) is 14.3 Å². The van der Waals surface area contributed by atoms with E-state index in [4.69, 9.17) is 16.3 Å². The first-order valence-electron chi connectivity index (χ1n) is 6.05. The predicted molar refractivity (Wildman–Crippen MR) is 68.9 cm³/mol. The number of carboxylic acid groups (broad SMARTS) is 1. The number of benzene rings is 1. The van der Waals surface area contributed by atoms with E-state index >= 15 is 0 Å². The van der Waals surface area contributed by atoms with Crippen LogP contribution in [-0.4, -0.2) is 30.2 Å². The van der Waals surface area contributed by atoms with E-state index < -0.39 is 23.7 Å². The highest BCUT2D eigenvalue weighted by Crippen LogP contribution is 2.22. The molecule has 0 bridgehead atoms. The molecule has 2 atom stereocenters. The number of hydrogen-bond acceptors (Lipinski definition) is 3. The first-order chi connectivity index (χ1) is 9.49. The molecule has 5 nitrogen and oxygen atoms in total. The van der Waals surface area contributed by atoms with Gasteiger partial charge in [0.2, 0.25) is 5.91 Å². The number of nitrogens with one attached hydrogen (secondary N) is 1. The highest BCUT2D eigenvalue weighted by molar-refractivity contribution is 6.30. The van der Waals surface area contributed by atoms with Gasteiger partial charge < -0.3 is 15.2 Å². The van der Waals surface area contributed by atoms with Crippen molar-refractivity contribution < 1.29 is 23.8 Å². The van der Waals surface area contributed by atoms with Crippen LogP contribution in [0, 0.1) is 11.7 Å². The van der Waals surface area contributed by atoms with Gasteiger partial charge in [-0.1, -0.05) is 17.7 Å². The van der Waals surface area contributed by atoms with Crippen molar-refractivity contribution in [3.8, 4) is 0 Å². The minimum absolute atomic E-state index is 0.103. The molecule has 1 saturated heterocycles. The Labute approximate surface area is 119 Å². The summed E-state index contributed by atoms with van der Waals surface area (Å²) >= 11 is 5.55. The van der Waals surface area contributed by atoms with Crippen LogP contribution in [0.2, 0.25) is 5.02 Å². The maximum absolute atomic E-state index is 13.4. The predicted octanol–water partition coefficient (Wildman–Crippen LogP) is 1.76. The van der Waals surface area contributed by atoms with E-state index in [-0.39, 0.29) is 23.1 Å². The molecule has 0 saturated carbocycles. The van der Waals surface area contributed by atoms with Crippen molar-refractivity contribution in [3.63, 3.8) is 0 Å². The monoisotopic (exact) mass is 301 g/mol. The fourth-order valence-electron chi connectivity index (χ4n) is 1.98. The third kappa shape index (κ3) is 3.26. The summed E-state index contributed by atoms with van der Waals surface area (Å²) in [5.74, 6) is -2.77. The summed E-state index contributed by atoms with van der Waals surface area (Å²) in [6.45, 7) is 0.749. The molecule has 0 aliphatic carbocycles. The molecule has 0 radical (unpaired) electrons. The fourth-order valence-corrected chi connectivity index (χ4v) is 2.10. The van der Waals surface area contributed by atoms with Gasteiger partial charge in [0, 0.05) is 6.61 Å². The normalized spacial score (nSPS) is 19.6. The number of carboxylic acids is 1. The van der Waals surface area contributed by atoms with Crippen LogP contribution in [0.25, 0.3) is 0 Å². The van der Waals surface area contributed by atoms with Crippen molar-refractivity contribution in [1.82, 2.24) is 5.32 Å². The standard InChI is InChI=1S/C13H13ClFNO4/c14-9-2-1-7(5-10(9)15)11(13(18)19)16-12(17)8-3-4-20-6-8/h1-2,5,8,11H,3-4,6H2,(H,16,17)(H,18,19). The molecule has 1 aromatic carbocycles. The second-order valence-electron chi connectivity index (χ2n) is 4.51. The Bertz CT molecular complexity index is 531. The zero-order chi connectivity index (χ0) is 14.7. The minimum Gasteiger partial charge on any atom is -0.479 e. The van der Waals surface area contributed by atoms with Crippen LogP contribution in [0.15, 0.2) is 18.2 Å². The Morgan fingerprint density at radius 2 is 2.25 bits per heavy atom. The van der Waals surface area contributed by atoms with Crippen molar-refractivity contribution in [3.05, 3.63) is 34.6 Å². The number of carbonyl (C=O) groups is 2. The maximum Gasteiger partial charge on any atom is 0.330 e. The van der Waals surface area contributed by atoms with Crippen molar-refractivity contribution in [2.75, 3.05) is 13.2 Å².